The first kappa shape index (κ1) is 12.6. The lowest BCUT2D eigenvalue weighted by molar-refractivity contribution is -0.140. The molecule has 0 aromatic rings. The first-order chi connectivity index (χ1) is 6.61. The molecule has 5 nitrogen and oxygen atoms in total. The SMILES string of the molecule is C=CCC(N)C(=O)NCCC(=O)OC. The van der Waals surface area contributed by atoms with Crippen molar-refractivity contribution in [2.45, 2.75) is 18.9 Å². The van der Waals surface area contributed by atoms with E-state index >= 15 is 0 Å². The quantitative estimate of drug-likeness (QED) is 0.450. The van der Waals surface area contributed by atoms with Gasteiger partial charge in [0, 0.05) is 6.54 Å². The molecule has 0 aliphatic carbocycles. The smallest absolute Gasteiger partial charge is 0.307 e. The third-order valence-corrected chi connectivity index (χ3v) is 1.61. The van der Waals surface area contributed by atoms with E-state index in [-0.39, 0.29) is 24.8 Å². The zero-order valence-corrected chi connectivity index (χ0v) is 8.29. The highest BCUT2D eigenvalue weighted by molar-refractivity contribution is 5.82. The molecule has 14 heavy (non-hydrogen) atoms. The van der Waals surface area contributed by atoms with E-state index in [0.29, 0.717) is 6.42 Å². The van der Waals surface area contributed by atoms with Crippen LogP contribution >= 0.6 is 0 Å². The standard InChI is InChI=1S/C9H16N2O3/c1-3-4-7(10)9(13)11-6-5-8(12)14-2/h3,7H,1,4-6,10H2,2H3,(H,11,13). The van der Waals surface area contributed by atoms with Gasteiger partial charge in [-0.3, -0.25) is 9.59 Å². The highest BCUT2D eigenvalue weighted by atomic mass is 16.5. The van der Waals surface area contributed by atoms with E-state index in [9.17, 15) is 9.59 Å². The van der Waals surface area contributed by atoms with Crippen molar-refractivity contribution in [3.63, 3.8) is 0 Å². The molecule has 0 bridgehead atoms. The minimum atomic E-state index is -0.592. The van der Waals surface area contributed by atoms with Gasteiger partial charge >= 0.3 is 5.97 Å². The molecule has 0 rings (SSSR count). The van der Waals surface area contributed by atoms with Crippen LogP contribution < -0.4 is 11.1 Å². The Morgan fingerprint density at radius 2 is 2.29 bits per heavy atom. The number of carbonyl (C=O) groups is 2. The Labute approximate surface area is 83.3 Å². The van der Waals surface area contributed by atoms with E-state index in [4.69, 9.17) is 5.73 Å². The second-order valence-corrected chi connectivity index (χ2v) is 2.75. The van der Waals surface area contributed by atoms with Crippen LogP contribution in [0.3, 0.4) is 0 Å². The van der Waals surface area contributed by atoms with Crippen LogP contribution in [0, 0.1) is 0 Å². The first-order valence-electron chi connectivity index (χ1n) is 4.32. The highest BCUT2D eigenvalue weighted by Gasteiger charge is 2.11. The molecular weight excluding hydrogens is 184 g/mol. The zero-order valence-electron chi connectivity index (χ0n) is 8.29. The van der Waals surface area contributed by atoms with Gasteiger partial charge in [0.1, 0.15) is 0 Å². The van der Waals surface area contributed by atoms with E-state index in [1.807, 2.05) is 0 Å². The van der Waals surface area contributed by atoms with E-state index < -0.39 is 6.04 Å². The number of nitrogens with two attached hydrogens (primary N) is 1. The topological polar surface area (TPSA) is 81.4 Å². The van der Waals surface area contributed by atoms with Gasteiger partial charge in [-0.05, 0) is 6.42 Å². The molecule has 0 saturated carbocycles. The van der Waals surface area contributed by atoms with Crippen molar-refractivity contribution < 1.29 is 14.3 Å². The van der Waals surface area contributed by atoms with Crippen molar-refractivity contribution in [2.75, 3.05) is 13.7 Å². The molecule has 1 unspecified atom stereocenters. The number of nitrogens with one attached hydrogen (secondary N) is 1. The van der Waals surface area contributed by atoms with Crippen molar-refractivity contribution in [2.24, 2.45) is 5.73 Å². The summed E-state index contributed by atoms with van der Waals surface area (Å²) >= 11 is 0. The normalized spacial score (nSPS) is 11.6. The number of rotatable bonds is 6. The van der Waals surface area contributed by atoms with E-state index in [1.54, 1.807) is 6.08 Å². The average Bonchev–Trinajstić information content (AvgIpc) is 2.17. The third kappa shape index (κ3) is 5.31. The monoisotopic (exact) mass is 200 g/mol. The van der Waals surface area contributed by atoms with Crippen molar-refractivity contribution >= 4 is 11.9 Å². The largest absolute Gasteiger partial charge is 0.469 e. The number of carbonyl (C=O) groups excluding carboxylic acids is 2. The summed E-state index contributed by atoms with van der Waals surface area (Å²) in [5.74, 6) is -0.642. The number of amides is 1. The van der Waals surface area contributed by atoms with Gasteiger partial charge in [0.2, 0.25) is 5.91 Å². The summed E-state index contributed by atoms with van der Waals surface area (Å²) in [7, 11) is 1.30. The van der Waals surface area contributed by atoms with Gasteiger partial charge in [0.25, 0.3) is 0 Å². The van der Waals surface area contributed by atoms with Crippen LogP contribution in [0.5, 0.6) is 0 Å². The van der Waals surface area contributed by atoms with E-state index in [0.717, 1.165) is 0 Å². The summed E-state index contributed by atoms with van der Waals surface area (Å²) in [6.07, 6.45) is 2.15. The van der Waals surface area contributed by atoms with Gasteiger partial charge in [-0.25, -0.2) is 0 Å². The summed E-state index contributed by atoms with van der Waals surface area (Å²) in [4.78, 5) is 21.8. The van der Waals surface area contributed by atoms with Gasteiger partial charge in [-0.2, -0.15) is 0 Å². The number of hydrogen-bond donors (Lipinski definition) is 2. The number of methoxy groups -OCH3 is 1. The fourth-order valence-electron chi connectivity index (χ4n) is 0.808. The average molecular weight is 200 g/mol. The lowest BCUT2D eigenvalue weighted by Gasteiger charge is -2.09. The second-order valence-electron chi connectivity index (χ2n) is 2.75. The molecule has 1 amide bonds. The Bertz CT molecular complexity index is 216. The zero-order chi connectivity index (χ0) is 11.0. The van der Waals surface area contributed by atoms with Crippen LogP contribution in [-0.4, -0.2) is 31.6 Å². The van der Waals surface area contributed by atoms with Gasteiger partial charge in [-0.15, -0.1) is 6.58 Å². The summed E-state index contributed by atoms with van der Waals surface area (Å²) in [6, 6.07) is -0.592. The number of hydrogen-bond acceptors (Lipinski definition) is 4. The Kier molecular flexibility index (Phi) is 6.39. The maximum absolute atomic E-state index is 11.2. The van der Waals surface area contributed by atoms with Gasteiger partial charge in [0.15, 0.2) is 0 Å². The Hall–Kier alpha value is -1.36. The van der Waals surface area contributed by atoms with Crippen molar-refractivity contribution in [3.05, 3.63) is 12.7 Å². The lowest BCUT2D eigenvalue weighted by atomic mass is 10.2. The predicted octanol–water partition coefficient (Wildman–Crippen LogP) is -0.431. The summed E-state index contributed by atoms with van der Waals surface area (Å²) in [5.41, 5.74) is 5.48. The molecule has 0 aliphatic heterocycles. The fourth-order valence-corrected chi connectivity index (χ4v) is 0.808. The molecule has 1 atom stereocenters. The van der Waals surface area contributed by atoms with Crippen LogP contribution in [0.4, 0.5) is 0 Å². The molecule has 0 fully saturated rings. The van der Waals surface area contributed by atoms with Gasteiger partial charge < -0.3 is 15.8 Å². The number of ether oxygens (including phenoxy) is 1. The third-order valence-electron chi connectivity index (χ3n) is 1.61. The molecule has 0 aliphatic rings. The highest BCUT2D eigenvalue weighted by Crippen LogP contribution is 1.89. The molecular formula is C9H16N2O3. The van der Waals surface area contributed by atoms with E-state index in [1.165, 1.54) is 7.11 Å². The van der Waals surface area contributed by atoms with Crippen LogP contribution in [0.2, 0.25) is 0 Å². The van der Waals surface area contributed by atoms with E-state index in [2.05, 4.69) is 16.6 Å². The van der Waals surface area contributed by atoms with Crippen LogP contribution in [0.1, 0.15) is 12.8 Å². The molecule has 0 heterocycles. The molecule has 0 aromatic heterocycles. The molecule has 3 N–H and O–H groups in total. The molecule has 80 valence electrons. The van der Waals surface area contributed by atoms with Crippen LogP contribution in [-0.2, 0) is 14.3 Å². The maximum atomic E-state index is 11.2. The van der Waals surface area contributed by atoms with Crippen molar-refractivity contribution in [1.82, 2.24) is 5.32 Å². The molecule has 0 aromatic carbocycles. The first-order valence-corrected chi connectivity index (χ1v) is 4.32. The Balaban J connectivity index is 3.63. The van der Waals surface area contributed by atoms with Crippen LogP contribution in [0.15, 0.2) is 12.7 Å². The summed E-state index contributed by atoms with van der Waals surface area (Å²) < 4.78 is 4.40. The summed E-state index contributed by atoms with van der Waals surface area (Å²) in [5, 5.41) is 2.52. The van der Waals surface area contributed by atoms with Crippen LogP contribution in [0.25, 0.3) is 0 Å². The molecule has 0 radical (unpaired) electrons. The second kappa shape index (κ2) is 7.08. The van der Waals surface area contributed by atoms with Gasteiger partial charge in [-0.1, -0.05) is 6.08 Å². The predicted molar refractivity (Wildman–Crippen MR) is 52.4 cm³/mol. The Morgan fingerprint density at radius 1 is 1.64 bits per heavy atom. The maximum Gasteiger partial charge on any atom is 0.307 e. The Morgan fingerprint density at radius 3 is 2.79 bits per heavy atom. The minimum absolute atomic E-state index is 0.156. The molecule has 0 saturated heterocycles. The van der Waals surface area contributed by atoms with Gasteiger partial charge in [0.05, 0.1) is 19.6 Å². The number of esters is 1. The summed E-state index contributed by atoms with van der Waals surface area (Å²) in [6.45, 7) is 3.72. The van der Waals surface area contributed by atoms with Crippen molar-refractivity contribution in [1.29, 1.82) is 0 Å². The molecule has 0 spiro atoms. The minimum Gasteiger partial charge on any atom is -0.469 e. The molecule has 5 heteroatoms. The lowest BCUT2D eigenvalue weighted by Crippen LogP contribution is -2.41. The van der Waals surface area contributed by atoms with Crippen molar-refractivity contribution in [3.8, 4) is 0 Å². The fraction of sp³-hybridized carbons (Fsp3) is 0.556.